The number of hydrogen-bond acceptors (Lipinski definition) is 5. The molecule has 2 aromatic carbocycles. The lowest BCUT2D eigenvalue weighted by Gasteiger charge is -2.47. The number of likely N-dealkylation sites (N-methyl/N-ethyl adjacent to an activating group) is 1. The van der Waals surface area contributed by atoms with Gasteiger partial charge in [0.2, 0.25) is 5.66 Å². The maximum atomic E-state index is 14.5. The fourth-order valence-corrected chi connectivity index (χ4v) is 5.43. The Balaban J connectivity index is 1.96. The molecular weight excluding hydrogens is 589 g/mol. The second kappa shape index (κ2) is 9.97. The Bertz CT molecular complexity index is 1220. The van der Waals surface area contributed by atoms with Crippen LogP contribution in [0.25, 0.3) is 0 Å². The average molecular weight is 613 g/mol. The highest BCUT2D eigenvalue weighted by molar-refractivity contribution is 14.1. The molecule has 0 unspecified atom stereocenters. The molecule has 0 N–H and O–H groups in total. The Labute approximate surface area is 220 Å². The molecule has 0 aliphatic carbocycles. The van der Waals surface area contributed by atoms with Crippen molar-refractivity contribution in [3.8, 4) is 6.07 Å². The van der Waals surface area contributed by atoms with E-state index in [4.69, 9.17) is 0 Å². The zero-order valence-electron chi connectivity index (χ0n) is 19.7. The van der Waals surface area contributed by atoms with Gasteiger partial charge in [-0.15, -0.1) is 0 Å². The summed E-state index contributed by atoms with van der Waals surface area (Å²) in [6, 6.07) is 12.3. The van der Waals surface area contributed by atoms with E-state index < -0.39 is 35.2 Å². The van der Waals surface area contributed by atoms with Gasteiger partial charge in [0, 0.05) is 28.9 Å². The summed E-state index contributed by atoms with van der Waals surface area (Å²) in [5, 5.41) is 14.4. The van der Waals surface area contributed by atoms with Crippen molar-refractivity contribution in [2.75, 3.05) is 29.5 Å². The van der Waals surface area contributed by atoms with E-state index in [1.165, 1.54) is 17.9 Å². The first-order valence-corrected chi connectivity index (χ1v) is 12.6. The Kier molecular flexibility index (Phi) is 7.30. The molecule has 2 heterocycles. The van der Waals surface area contributed by atoms with E-state index >= 15 is 0 Å². The van der Waals surface area contributed by atoms with Gasteiger partial charge in [-0.1, -0.05) is 6.92 Å². The van der Waals surface area contributed by atoms with Crippen LogP contribution in [0.1, 0.15) is 32.3 Å². The average Bonchev–Trinajstić information content (AvgIpc) is 3.48. The van der Waals surface area contributed by atoms with Gasteiger partial charge in [0.25, 0.3) is 5.91 Å². The number of likely N-dealkylation sites (tertiary alicyclic amines) is 1. The predicted molar refractivity (Wildman–Crippen MR) is 137 cm³/mol. The first-order chi connectivity index (χ1) is 17.0. The number of hydrazone groups is 1. The number of rotatable bonds is 5. The van der Waals surface area contributed by atoms with Crippen molar-refractivity contribution < 1.29 is 22.4 Å². The molecule has 4 rings (SSSR count). The predicted octanol–water partition coefficient (Wildman–Crippen LogP) is 5.52. The number of hydrogen-bond donors (Lipinski definition) is 0. The number of benzene rings is 2. The third kappa shape index (κ3) is 4.34. The van der Waals surface area contributed by atoms with Gasteiger partial charge in [0.1, 0.15) is 17.6 Å². The fourth-order valence-electron chi connectivity index (χ4n) is 5.07. The van der Waals surface area contributed by atoms with Gasteiger partial charge < -0.3 is 4.90 Å². The molecule has 6 nitrogen and oxygen atoms in total. The topological polar surface area (TPSA) is 62.9 Å². The minimum absolute atomic E-state index is 0.0398. The van der Waals surface area contributed by atoms with Gasteiger partial charge in [-0.25, -0.2) is 9.40 Å². The van der Waals surface area contributed by atoms with Crippen molar-refractivity contribution in [3.63, 3.8) is 0 Å². The fraction of sp³-hybridized carbons (Fsp3) is 0.400. The molecule has 2 aliphatic rings. The molecule has 1 fully saturated rings. The highest BCUT2D eigenvalue weighted by Gasteiger charge is 2.64. The highest BCUT2D eigenvalue weighted by Crippen LogP contribution is 2.46. The van der Waals surface area contributed by atoms with Crippen LogP contribution in [0.2, 0.25) is 0 Å². The maximum Gasteiger partial charge on any atom is 0.431 e. The third-order valence-electron chi connectivity index (χ3n) is 6.75. The summed E-state index contributed by atoms with van der Waals surface area (Å²) in [6.45, 7) is 4.12. The van der Waals surface area contributed by atoms with Crippen molar-refractivity contribution in [3.05, 3.63) is 57.4 Å². The third-order valence-corrected chi connectivity index (χ3v) is 7.47. The van der Waals surface area contributed by atoms with Gasteiger partial charge in [0.15, 0.2) is 0 Å². The number of anilines is 2. The molecule has 36 heavy (non-hydrogen) atoms. The van der Waals surface area contributed by atoms with Crippen molar-refractivity contribution in [2.24, 2.45) is 11.0 Å². The van der Waals surface area contributed by atoms with E-state index in [9.17, 15) is 27.6 Å². The molecule has 190 valence electrons. The molecule has 0 aromatic heterocycles. The molecule has 1 saturated heterocycles. The Morgan fingerprint density at radius 2 is 1.86 bits per heavy atom. The number of carbonyl (C=O) groups excluding carboxylic acids is 1. The van der Waals surface area contributed by atoms with Gasteiger partial charge in [-0.3, -0.25) is 9.69 Å². The first kappa shape index (κ1) is 26.3. The number of nitriles is 1. The quantitative estimate of drug-likeness (QED) is 0.329. The summed E-state index contributed by atoms with van der Waals surface area (Å²) in [5.41, 5.74) is -2.71. The Morgan fingerprint density at radius 1 is 1.22 bits per heavy atom. The van der Waals surface area contributed by atoms with Crippen LogP contribution in [0.4, 0.5) is 28.9 Å². The highest BCUT2D eigenvalue weighted by atomic mass is 127. The van der Waals surface area contributed by atoms with Gasteiger partial charge >= 0.3 is 6.18 Å². The second-order valence-corrected chi connectivity index (χ2v) is 9.98. The lowest BCUT2D eigenvalue weighted by Crippen LogP contribution is -2.69. The Morgan fingerprint density at radius 3 is 2.42 bits per heavy atom. The first-order valence-electron chi connectivity index (χ1n) is 11.5. The summed E-state index contributed by atoms with van der Waals surface area (Å²) in [7, 11) is 0. The standard InChI is InChI=1S/C25H24F4IN5O/c1-3-34(19-8-6-18(30)7-9-19)23(36)24(33-12-4-5-13-33)16(2)22(25(27,28)29)32-35(24)20-10-11-21(26)17(14-20)15-31/h6-11,14,16H,3-5,12-13H2,1-2H3/t16-,24+/m0/s1. The molecule has 11 heteroatoms. The van der Waals surface area contributed by atoms with E-state index in [1.807, 2.05) is 12.1 Å². The molecule has 1 amide bonds. The van der Waals surface area contributed by atoms with Crippen LogP contribution in [-0.4, -0.2) is 48.0 Å². The van der Waals surface area contributed by atoms with Gasteiger partial charge in [-0.2, -0.15) is 23.5 Å². The van der Waals surface area contributed by atoms with Crippen molar-refractivity contribution >= 4 is 45.6 Å². The van der Waals surface area contributed by atoms with Crippen molar-refractivity contribution in [1.29, 1.82) is 5.26 Å². The summed E-state index contributed by atoms with van der Waals surface area (Å²) < 4.78 is 57.8. The molecule has 0 radical (unpaired) electrons. The van der Waals surface area contributed by atoms with Crippen LogP contribution in [0.15, 0.2) is 47.6 Å². The van der Waals surface area contributed by atoms with Crippen LogP contribution >= 0.6 is 22.6 Å². The van der Waals surface area contributed by atoms with Crippen LogP contribution in [0.5, 0.6) is 0 Å². The zero-order valence-corrected chi connectivity index (χ0v) is 21.8. The summed E-state index contributed by atoms with van der Waals surface area (Å²) in [6.07, 6.45) is -3.38. The lowest BCUT2D eigenvalue weighted by atomic mass is 9.86. The van der Waals surface area contributed by atoms with Crippen LogP contribution < -0.4 is 9.91 Å². The summed E-state index contributed by atoms with van der Waals surface area (Å²) in [4.78, 5) is 17.7. The Hall–Kier alpha value is -2.72. The van der Waals surface area contributed by atoms with Crippen LogP contribution in [0.3, 0.4) is 0 Å². The molecule has 2 atom stereocenters. The van der Waals surface area contributed by atoms with E-state index in [-0.39, 0.29) is 17.8 Å². The number of carbonyl (C=O) groups is 1. The normalized spacial score (nSPS) is 22.4. The molecule has 2 aromatic rings. The molecule has 2 aliphatic heterocycles. The summed E-state index contributed by atoms with van der Waals surface area (Å²) in [5.74, 6) is -2.73. The van der Waals surface area contributed by atoms with Crippen LogP contribution in [-0.2, 0) is 4.79 Å². The smallest absolute Gasteiger partial charge is 0.309 e. The molecule has 0 bridgehead atoms. The van der Waals surface area contributed by atoms with E-state index in [0.717, 1.165) is 20.7 Å². The second-order valence-electron chi connectivity index (χ2n) is 8.74. The van der Waals surface area contributed by atoms with Crippen molar-refractivity contribution in [2.45, 2.75) is 38.5 Å². The van der Waals surface area contributed by atoms with Gasteiger partial charge in [-0.05, 0) is 84.8 Å². The monoisotopic (exact) mass is 613 g/mol. The maximum absolute atomic E-state index is 14.5. The van der Waals surface area contributed by atoms with E-state index in [0.29, 0.717) is 31.6 Å². The lowest BCUT2D eigenvalue weighted by molar-refractivity contribution is -0.132. The number of amides is 1. The number of nitrogens with zero attached hydrogens (tertiary/aromatic N) is 5. The van der Waals surface area contributed by atoms with E-state index in [1.54, 1.807) is 30.0 Å². The van der Waals surface area contributed by atoms with Gasteiger partial charge in [0.05, 0.1) is 17.2 Å². The molecule has 0 spiro atoms. The minimum Gasteiger partial charge on any atom is -0.309 e. The molecular formula is C25H24F4IN5O. The largest absolute Gasteiger partial charge is 0.431 e. The minimum atomic E-state index is -4.79. The zero-order chi connectivity index (χ0) is 26.3. The molecule has 0 saturated carbocycles. The van der Waals surface area contributed by atoms with Crippen LogP contribution in [0, 0.1) is 26.6 Å². The SMILES string of the molecule is CCN(C(=O)[C@@]1(N2CCCC2)[C@@H](C)C(C(F)(F)F)=NN1c1ccc(F)c(C#N)c1)c1ccc(I)cc1. The van der Waals surface area contributed by atoms with Crippen molar-refractivity contribution in [1.82, 2.24) is 4.90 Å². The summed E-state index contributed by atoms with van der Waals surface area (Å²) >= 11 is 2.14. The van der Waals surface area contributed by atoms with E-state index in [2.05, 4.69) is 27.7 Å². The number of halogens is 5. The number of alkyl halides is 3.